The SMILES string of the molecule is CN(Cc1ccc(OCC(=O)O)cc1)C(=O)Cc1ccc2c(c1)CCC2. The second kappa shape index (κ2) is 8.04. The van der Waals surface area contributed by atoms with E-state index >= 15 is 0 Å². The highest BCUT2D eigenvalue weighted by atomic mass is 16.5. The summed E-state index contributed by atoms with van der Waals surface area (Å²) < 4.78 is 5.11. The molecule has 136 valence electrons. The molecule has 0 aliphatic heterocycles. The molecular formula is C21H23NO4. The van der Waals surface area contributed by atoms with E-state index < -0.39 is 5.97 Å². The Morgan fingerprint density at radius 1 is 1.04 bits per heavy atom. The number of nitrogens with zero attached hydrogens (tertiary/aromatic N) is 1. The highest BCUT2D eigenvalue weighted by molar-refractivity contribution is 5.78. The maximum atomic E-state index is 12.5. The number of rotatable bonds is 7. The number of fused-ring (bicyclic) bond motifs is 1. The molecule has 0 spiro atoms. The van der Waals surface area contributed by atoms with Crippen LogP contribution in [0.5, 0.6) is 5.75 Å². The third-order valence-electron chi connectivity index (χ3n) is 4.65. The highest BCUT2D eigenvalue weighted by Gasteiger charge is 2.14. The Hall–Kier alpha value is -2.82. The third kappa shape index (κ3) is 4.63. The number of hydrogen-bond acceptors (Lipinski definition) is 3. The summed E-state index contributed by atoms with van der Waals surface area (Å²) in [4.78, 5) is 24.7. The lowest BCUT2D eigenvalue weighted by Gasteiger charge is -2.18. The number of hydrogen-bond donors (Lipinski definition) is 1. The number of aryl methyl sites for hydroxylation is 2. The topological polar surface area (TPSA) is 66.8 Å². The van der Waals surface area contributed by atoms with Crippen LogP contribution in [0.1, 0.15) is 28.7 Å². The predicted octanol–water partition coefficient (Wildman–Crippen LogP) is 2.84. The van der Waals surface area contributed by atoms with Gasteiger partial charge in [-0.05, 0) is 53.6 Å². The zero-order valence-electron chi connectivity index (χ0n) is 14.9. The van der Waals surface area contributed by atoms with Crippen molar-refractivity contribution in [1.29, 1.82) is 0 Å². The molecule has 1 aliphatic carbocycles. The maximum Gasteiger partial charge on any atom is 0.341 e. The van der Waals surface area contributed by atoms with Crippen LogP contribution < -0.4 is 4.74 Å². The second-order valence-corrected chi connectivity index (χ2v) is 6.71. The number of aliphatic carboxylic acids is 1. The molecule has 5 nitrogen and oxygen atoms in total. The van der Waals surface area contributed by atoms with Crippen LogP contribution in [-0.2, 0) is 35.4 Å². The van der Waals surface area contributed by atoms with Crippen molar-refractivity contribution >= 4 is 11.9 Å². The van der Waals surface area contributed by atoms with E-state index in [2.05, 4.69) is 18.2 Å². The molecule has 2 aromatic rings. The van der Waals surface area contributed by atoms with Crippen LogP contribution in [0.4, 0.5) is 0 Å². The van der Waals surface area contributed by atoms with E-state index in [1.165, 1.54) is 17.5 Å². The van der Waals surface area contributed by atoms with Gasteiger partial charge in [-0.25, -0.2) is 4.79 Å². The molecule has 0 heterocycles. The van der Waals surface area contributed by atoms with Gasteiger partial charge >= 0.3 is 5.97 Å². The predicted molar refractivity (Wildman–Crippen MR) is 98.2 cm³/mol. The normalized spacial score (nSPS) is 12.5. The minimum absolute atomic E-state index is 0.0779. The molecule has 1 amide bonds. The molecule has 3 rings (SSSR count). The Kier molecular flexibility index (Phi) is 5.56. The standard InChI is InChI=1S/C21H23NO4/c1-22(13-15-6-9-19(10-7-15)26-14-21(24)25)20(23)12-16-5-8-17-3-2-4-18(17)11-16/h5-11H,2-4,12-14H2,1H3,(H,24,25). The number of carbonyl (C=O) groups is 2. The van der Waals surface area contributed by atoms with Crippen LogP contribution in [0.2, 0.25) is 0 Å². The summed E-state index contributed by atoms with van der Waals surface area (Å²) in [7, 11) is 1.80. The lowest BCUT2D eigenvalue weighted by atomic mass is 10.0. The van der Waals surface area contributed by atoms with E-state index in [4.69, 9.17) is 9.84 Å². The first-order chi connectivity index (χ1) is 12.5. The van der Waals surface area contributed by atoms with Gasteiger partial charge in [0.2, 0.25) is 5.91 Å². The minimum Gasteiger partial charge on any atom is -0.482 e. The van der Waals surface area contributed by atoms with Gasteiger partial charge in [0.1, 0.15) is 5.75 Å². The third-order valence-corrected chi connectivity index (χ3v) is 4.65. The number of carbonyl (C=O) groups excluding carboxylic acids is 1. The van der Waals surface area contributed by atoms with Gasteiger partial charge in [0, 0.05) is 13.6 Å². The molecule has 0 saturated carbocycles. The van der Waals surface area contributed by atoms with Gasteiger partial charge in [-0.2, -0.15) is 0 Å². The Morgan fingerprint density at radius 2 is 1.73 bits per heavy atom. The van der Waals surface area contributed by atoms with E-state index in [-0.39, 0.29) is 12.5 Å². The Bertz CT molecular complexity index is 798. The van der Waals surface area contributed by atoms with E-state index in [9.17, 15) is 9.59 Å². The molecule has 0 saturated heterocycles. The van der Waals surface area contributed by atoms with Crippen molar-refractivity contribution in [1.82, 2.24) is 4.90 Å². The van der Waals surface area contributed by atoms with E-state index in [0.717, 1.165) is 24.0 Å². The molecule has 1 N–H and O–H groups in total. The molecule has 5 heteroatoms. The lowest BCUT2D eigenvalue weighted by Crippen LogP contribution is -2.27. The number of ether oxygens (including phenoxy) is 1. The van der Waals surface area contributed by atoms with Crippen LogP contribution in [0.25, 0.3) is 0 Å². The van der Waals surface area contributed by atoms with Crippen molar-refractivity contribution in [3.8, 4) is 5.75 Å². The van der Waals surface area contributed by atoms with Gasteiger partial charge in [0.25, 0.3) is 0 Å². The number of likely N-dealkylation sites (N-methyl/N-ethyl adjacent to an activating group) is 1. The fourth-order valence-electron chi connectivity index (χ4n) is 3.24. The molecule has 0 fully saturated rings. The second-order valence-electron chi connectivity index (χ2n) is 6.71. The first-order valence-electron chi connectivity index (χ1n) is 8.79. The summed E-state index contributed by atoms with van der Waals surface area (Å²) in [6.07, 6.45) is 3.88. The summed E-state index contributed by atoms with van der Waals surface area (Å²) in [5, 5.41) is 8.61. The van der Waals surface area contributed by atoms with Gasteiger partial charge in [0.15, 0.2) is 6.61 Å². The first kappa shape index (κ1) is 18.0. The highest BCUT2D eigenvalue weighted by Crippen LogP contribution is 2.23. The molecular weight excluding hydrogens is 330 g/mol. The number of carboxylic acids is 1. The van der Waals surface area contributed by atoms with Crippen LogP contribution in [-0.4, -0.2) is 35.5 Å². The van der Waals surface area contributed by atoms with Crippen molar-refractivity contribution in [2.24, 2.45) is 0 Å². The molecule has 26 heavy (non-hydrogen) atoms. The summed E-state index contributed by atoms with van der Waals surface area (Å²) in [6.45, 7) is 0.140. The summed E-state index contributed by atoms with van der Waals surface area (Å²) in [5.74, 6) is -0.427. The van der Waals surface area contributed by atoms with E-state index in [0.29, 0.717) is 18.7 Å². The maximum absolute atomic E-state index is 12.5. The Morgan fingerprint density at radius 3 is 2.46 bits per heavy atom. The average molecular weight is 353 g/mol. The van der Waals surface area contributed by atoms with Crippen molar-refractivity contribution in [3.63, 3.8) is 0 Å². The van der Waals surface area contributed by atoms with Crippen molar-refractivity contribution in [3.05, 3.63) is 64.7 Å². The number of benzene rings is 2. The van der Waals surface area contributed by atoms with Gasteiger partial charge in [0.05, 0.1) is 6.42 Å². The van der Waals surface area contributed by atoms with Crippen LogP contribution >= 0.6 is 0 Å². The summed E-state index contributed by atoms with van der Waals surface area (Å²) in [5.41, 5.74) is 4.84. The molecule has 0 unspecified atom stereocenters. The zero-order chi connectivity index (χ0) is 18.5. The summed E-state index contributed by atoms with van der Waals surface area (Å²) >= 11 is 0. The van der Waals surface area contributed by atoms with E-state index in [1.54, 1.807) is 24.1 Å². The molecule has 0 radical (unpaired) electrons. The quantitative estimate of drug-likeness (QED) is 0.831. The lowest BCUT2D eigenvalue weighted by molar-refractivity contribution is -0.139. The van der Waals surface area contributed by atoms with Crippen molar-refractivity contribution in [2.45, 2.75) is 32.2 Å². The van der Waals surface area contributed by atoms with Crippen LogP contribution in [0, 0.1) is 0 Å². The van der Waals surface area contributed by atoms with Gasteiger partial charge in [-0.3, -0.25) is 4.79 Å². The number of carboxylic acid groups (broad SMARTS) is 1. The fourth-order valence-corrected chi connectivity index (χ4v) is 3.24. The first-order valence-corrected chi connectivity index (χ1v) is 8.79. The smallest absolute Gasteiger partial charge is 0.341 e. The monoisotopic (exact) mass is 353 g/mol. The minimum atomic E-state index is -1.01. The molecule has 0 aromatic heterocycles. The zero-order valence-corrected chi connectivity index (χ0v) is 14.9. The number of amides is 1. The van der Waals surface area contributed by atoms with Gasteiger partial charge in [-0.15, -0.1) is 0 Å². The Balaban J connectivity index is 1.54. The van der Waals surface area contributed by atoms with Crippen molar-refractivity contribution in [2.75, 3.05) is 13.7 Å². The molecule has 0 atom stereocenters. The molecule has 2 aromatic carbocycles. The fraction of sp³-hybridized carbons (Fsp3) is 0.333. The Labute approximate surface area is 153 Å². The molecule has 0 bridgehead atoms. The molecule has 1 aliphatic rings. The summed E-state index contributed by atoms with van der Waals surface area (Å²) in [6, 6.07) is 13.5. The van der Waals surface area contributed by atoms with Gasteiger partial charge < -0.3 is 14.7 Å². The van der Waals surface area contributed by atoms with Crippen molar-refractivity contribution < 1.29 is 19.4 Å². The van der Waals surface area contributed by atoms with E-state index in [1.807, 2.05) is 12.1 Å². The van der Waals surface area contributed by atoms with Gasteiger partial charge in [-0.1, -0.05) is 30.3 Å². The van der Waals surface area contributed by atoms with Crippen LogP contribution in [0.15, 0.2) is 42.5 Å². The average Bonchev–Trinajstić information content (AvgIpc) is 3.08. The largest absolute Gasteiger partial charge is 0.482 e. The van der Waals surface area contributed by atoms with Crippen LogP contribution in [0.3, 0.4) is 0 Å².